The molecule has 1 aromatic carbocycles. The first-order valence-electron chi connectivity index (χ1n) is 9.85. The van der Waals surface area contributed by atoms with Gasteiger partial charge in [0.2, 0.25) is 0 Å². The van der Waals surface area contributed by atoms with E-state index in [1.807, 2.05) is 7.05 Å². The molecule has 2 aliphatic heterocycles. The molecule has 2 unspecified atom stereocenters. The van der Waals surface area contributed by atoms with E-state index in [2.05, 4.69) is 65.4 Å². The Balaban J connectivity index is 0.00000261. The number of guanidine groups is 1. The minimum atomic E-state index is 0. The van der Waals surface area contributed by atoms with Gasteiger partial charge in [0, 0.05) is 38.7 Å². The number of likely N-dealkylation sites (tertiary alicyclic amines) is 1. The maximum atomic E-state index is 5.66. The number of nitrogens with zero attached hydrogens (tertiary/aromatic N) is 3. The second-order valence-corrected chi connectivity index (χ2v) is 7.98. The highest BCUT2D eigenvalue weighted by molar-refractivity contribution is 14.0. The van der Waals surface area contributed by atoms with E-state index >= 15 is 0 Å². The summed E-state index contributed by atoms with van der Waals surface area (Å²) in [7, 11) is 6.17. The minimum absolute atomic E-state index is 0. The van der Waals surface area contributed by atoms with Crippen molar-refractivity contribution in [3.63, 3.8) is 0 Å². The third kappa shape index (κ3) is 5.35. The molecule has 1 aromatic rings. The molecule has 2 heterocycles. The molecule has 2 saturated heterocycles. The van der Waals surface area contributed by atoms with Gasteiger partial charge in [0.05, 0.1) is 12.6 Å². The highest BCUT2D eigenvalue weighted by Crippen LogP contribution is 2.38. The average molecular weight is 486 g/mol. The summed E-state index contributed by atoms with van der Waals surface area (Å²) in [6.07, 6.45) is 3.48. The fraction of sp³-hybridized carbons (Fsp3) is 0.667. The van der Waals surface area contributed by atoms with Crippen LogP contribution in [0.25, 0.3) is 0 Å². The lowest BCUT2D eigenvalue weighted by Gasteiger charge is -2.29. The number of rotatable bonds is 5. The summed E-state index contributed by atoms with van der Waals surface area (Å²) in [6, 6.07) is 9.32. The smallest absolute Gasteiger partial charge is 0.193 e. The van der Waals surface area contributed by atoms with Crippen molar-refractivity contribution in [2.75, 3.05) is 54.0 Å². The second kappa shape index (κ2) is 10.1. The summed E-state index contributed by atoms with van der Waals surface area (Å²) < 4.78 is 5.66. The molecule has 2 aliphatic rings. The Hall–Kier alpha value is -0.860. The third-order valence-electron chi connectivity index (χ3n) is 5.98. The van der Waals surface area contributed by atoms with Crippen LogP contribution in [-0.2, 0) is 11.2 Å². The molecule has 152 valence electrons. The number of nitrogens with one attached hydrogen (secondary N) is 1. The van der Waals surface area contributed by atoms with Crippen LogP contribution in [0, 0.1) is 5.41 Å². The Kier molecular flexibility index (Phi) is 8.37. The molecule has 0 radical (unpaired) electrons. The lowest BCUT2D eigenvalue weighted by molar-refractivity contribution is 0.156. The summed E-state index contributed by atoms with van der Waals surface area (Å²) >= 11 is 0. The molecule has 0 bridgehead atoms. The molecule has 27 heavy (non-hydrogen) atoms. The van der Waals surface area contributed by atoms with Crippen LogP contribution >= 0.6 is 24.0 Å². The first-order chi connectivity index (χ1) is 12.6. The van der Waals surface area contributed by atoms with Crippen LogP contribution in [0.5, 0.6) is 0 Å². The Morgan fingerprint density at radius 2 is 2.04 bits per heavy atom. The summed E-state index contributed by atoms with van der Waals surface area (Å²) in [5.41, 5.74) is 3.09. The molecule has 0 aromatic heterocycles. The first kappa shape index (κ1) is 22.4. The molecule has 1 spiro atoms. The van der Waals surface area contributed by atoms with E-state index in [-0.39, 0.29) is 24.0 Å². The molecule has 1 N–H and O–H groups in total. The lowest BCUT2D eigenvalue weighted by atomic mass is 9.87. The fourth-order valence-electron chi connectivity index (χ4n) is 4.18. The minimum Gasteiger partial charge on any atom is -0.381 e. The quantitative estimate of drug-likeness (QED) is 0.395. The van der Waals surface area contributed by atoms with E-state index in [1.165, 1.54) is 24.0 Å². The van der Waals surface area contributed by atoms with Gasteiger partial charge in [0.1, 0.15) is 0 Å². The van der Waals surface area contributed by atoms with Gasteiger partial charge in [-0.15, -0.1) is 24.0 Å². The van der Waals surface area contributed by atoms with Gasteiger partial charge in [0.15, 0.2) is 5.96 Å². The zero-order valence-electron chi connectivity index (χ0n) is 17.2. The van der Waals surface area contributed by atoms with Crippen LogP contribution in [0.2, 0.25) is 0 Å². The Morgan fingerprint density at radius 1 is 1.30 bits per heavy atom. The molecule has 0 aliphatic carbocycles. The normalized spacial score (nSPS) is 23.7. The third-order valence-corrected chi connectivity index (χ3v) is 5.98. The lowest BCUT2D eigenvalue weighted by Crippen LogP contribution is -2.44. The molecule has 6 heteroatoms. The number of benzene rings is 1. The standard InChI is InChI=1S/C21H34N4O.HI/c1-5-17-6-8-18(9-7-17)19(24(3)4)14-23-20(22-2)25-12-10-21(15-25)11-13-26-16-21;/h6-9,19H,5,10-16H2,1-4H3,(H,22,23);1H. The zero-order valence-corrected chi connectivity index (χ0v) is 19.5. The van der Waals surface area contributed by atoms with Gasteiger partial charge in [-0.3, -0.25) is 4.99 Å². The number of halogens is 1. The monoisotopic (exact) mass is 486 g/mol. The summed E-state index contributed by atoms with van der Waals surface area (Å²) in [6.45, 7) is 7.00. The maximum Gasteiger partial charge on any atom is 0.193 e. The number of hydrogen-bond acceptors (Lipinski definition) is 3. The molecule has 3 rings (SSSR count). The first-order valence-corrected chi connectivity index (χ1v) is 9.85. The number of likely N-dealkylation sites (N-methyl/N-ethyl adjacent to an activating group) is 1. The van der Waals surface area contributed by atoms with E-state index in [0.29, 0.717) is 11.5 Å². The van der Waals surface area contributed by atoms with Crippen LogP contribution in [0.3, 0.4) is 0 Å². The van der Waals surface area contributed by atoms with Crippen molar-refractivity contribution >= 4 is 29.9 Å². The number of aliphatic imine (C=N–C) groups is 1. The highest BCUT2D eigenvalue weighted by Gasteiger charge is 2.42. The predicted octanol–water partition coefficient (Wildman–Crippen LogP) is 3.16. The molecular weight excluding hydrogens is 451 g/mol. The van der Waals surface area contributed by atoms with Gasteiger partial charge in [-0.25, -0.2) is 0 Å². The predicted molar refractivity (Wildman–Crippen MR) is 123 cm³/mol. The molecule has 0 amide bonds. The van der Waals surface area contributed by atoms with Crippen molar-refractivity contribution in [2.24, 2.45) is 10.4 Å². The van der Waals surface area contributed by atoms with Crippen molar-refractivity contribution in [2.45, 2.75) is 32.2 Å². The van der Waals surface area contributed by atoms with Gasteiger partial charge < -0.3 is 19.9 Å². The fourth-order valence-corrected chi connectivity index (χ4v) is 4.18. The van der Waals surface area contributed by atoms with Crippen LogP contribution < -0.4 is 5.32 Å². The summed E-state index contributed by atoms with van der Waals surface area (Å²) in [4.78, 5) is 9.23. The van der Waals surface area contributed by atoms with Crippen molar-refractivity contribution in [3.8, 4) is 0 Å². The largest absolute Gasteiger partial charge is 0.381 e. The van der Waals surface area contributed by atoms with Gasteiger partial charge in [-0.1, -0.05) is 31.2 Å². The summed E-state index contributed by atoms with van der Waals surface area (Å²) in [5, 5.41) is 3.62. The molecular formula is C21H35IN4O. The van der Waals surface area contributed by atoms with E-state index in [1.54, 1.807) is 0 Å². The van der Waals surface area contributed by atoms with Crippen molar-refractivity contribution in [1.29, 1.82) is 0 Å². The SMILES string of the molecule is CCc1ccc(C(CNC(=NC)N2CCC3(CCOC3)C2)N(C)C)cc1.I. The Bertz CT molecular complexity index is 611. The molecule has 2 atom stereocenters. The number of hydrogen-bond donors (Lipinski definition) is 1. The molecule has 2 fully saturated rings. The van der Waals surface area contributed by atoms with Gasteiger partial charge >= 0.3 is 0 Å². The van der Waals surface area contributed by atoms with Crippen molar-refractivity contribution in [1.82, 2.24) is 15.1 Å². The molecule has 0 saturated carbocycles. The van der Waals surface area contributed by atoms with Gasteiger partial charge in [0.25, 0.3) is 0 Å². The second-order valence-electron chi connectivity index (χ2n) is 7.98. The Morgan fingerprint density at radius 3 is 2.59 bits per heavy atom. The Labute approximate surface area is 181 Å². The van der Waals surface area contributed by atoms with Gasteiger partial charge in [-0.05, 0) is 44.5 Å². The topological polar surface area (TPSA) is 40.1 Å². The van der Waals surface area contributed by atoms with Crippen LogP contribution in [0.1, 0.15) is 36.9 Å². The van der Waals surface area contributed by atoms with Crippen LogP contribution in [0.4, 0.5) is 0 Å². The van der Waals surface area contributed by atoms with Crippen molar-refractivity contribution in [3.05, 3.63) is 35.4 Å². The maximum absolute atomic E-state index is 5.66. The van der Waals surface area contributed by atoms with Crippen molar-refractivity contribution < 1.29 is 4.74 Å². The van der Waals surface area contributed by atoms with E-state index < -0.39 is 0 Å². The average Bonchev–Trinajstić information content (AvgIpc) is 3.29. The zero-order chi connectivity index (χ0) is 18.6. The number of aryl methyl sites for hydroxylation is 1. The highest BCUT2D eigenvalue weighted by atomic mass is 127. The number of ether oxygens (including phenoxy) is 1. The van der Waals surface area contributed by atoms with Crippen LogP contribution in [-0.4, -0.2) is 69.8 Å². The molecule has 5 nitrogen and oxygen atoms in total. The van der Waals surface area contributed by atoms with Crippen LogP contribution in [0.15, 0.2) is 29.3 Å². The summed E-state index contributed by atoms with van der Waals surface area (Å²) in [5.74, 6) is 1.02. The van der Waals surface area contributed by atoms with Gasteiger partial charge in [-0.2, -0.15) is 0 Å². The van der Waals surface area contributed by atoms with E-state index in [9.17, 15) is 0 Å². The van der Waals surface area contributed by atoms with E-state index in [4.69, 9.17) is 4.74 Å². The van der Waals surface area contributed by atoms with E-state index in [0.717, 1.165) is 45.2 Å².